The van der Waals surface area contributed by atoms with Crippen LogP contribution < -0.4 is 5.11 Å². The summed E-state index contributed by atoms with van der Waals surface area (Å²) in [6, 6.07) is 1.26. The molecule has 1 aromatic rings. The molecule has 0 unspecified atom stereocenters. The first-order valence-corrected chi connectivity index (χ1v) is 3.86. The molecule has 15 heavy (non-hydrogen) atoms. The Morgan fingerprint density at radius 2 is 1.93 bits per heavy atom. The van der Waals surface area contributed by atoms with Crippen LogP contribution in [0.2, 0.25) is 0 Å². The van der Waals surface area contributed by atoms with Crippen molar-refractivity contribution in [3.05, 3.63) is 28.8 Å². The van der Waals surface area contributed by atoms with E-state index in [4.69, 9.17) is 5.11 Å². The number of alkyl halides is 3. The lowest BCUT2D eigenvalue weighted by molar-refractivity contribution is -0.270. The minimum absolute atomic E-state index is 0.595. The summed E-state index contributed by atoms with van der Waals surface area (Å²) >= 11 is 0. The summed E-state index contributed by atoms with van der Waals surface area (Å²) in [5.74, 6) is -2.63. The number of benzene rings is 1. The van der Waals surface area contributed by atoms with Crippen molar-refractivity contribution < 1.29 is 28.2 Å². The molecule has 0 amide bonds. The number of rotatable bonds is 1. The molecule has 1 aromatic carbocycles. The average Bonchev–Trinajstić information content (AvgIpc) is 2.06. The first kappa shape index (κ1) is 11.4. The molecule has 0 saturated carbocycles. The molecule has 6 heteroatoms. The lowest BCUT2D eigenvalue weighted by Crippen LogP contribution is -2.13. The van der Waals surface area contributed by atoms with E-state index in [9.17, 15) is 23.1 Å². The topological polar surface area (TPSA) is 60.4 Å². The second-order valence-electron chi connectivity index (χ2n) is 2.92. The molecule has 0 aromatic heterocycles. The van der Waals surface area contributed by atoms with Crippen molar-refractivity contribution in [2.75, 3.05) is 0 Å². The third kappa shape index (κ3) is 2.03. The number of carboxylic acid groups (broad SMARTS) is 1. The van der Waals surface area contributed by atoms with Crippen LogP contribution in [0.1, 0.15) is 21.5 Å². The Labute approximate surface area is 82.8 Å². The van der Waals surface area contributed by atoms with Crippen molar-refractivity contribution in [2.45, 2.75) is 13.1 Å². The van der Waals surface area contributed by atoms with Crippen molar-refractivity contribution in [1.29, 1.82) is 0 Å². The molecule has 0 fully saturated rings. The highest BCUT2D eigenvalue weighted by atomic mass is 19.4. The first-order valence-electron chi connectivity index (χ1n) is 3.86. The Morgan fingerprint density at radius 1 is 1.40 bits per heavy atom. The molecule has 0 heterocycles. The molecular weight excluding hydrogens is 213 g/mol. The number of hydrogen-bond acceptors (Lipinski definition) is 2. The maximum Gasteiger partial charge on any atom is 0.416 e. The van der Waals surface area contributed by atoms with E-state index in [1.54, 1.807) is 0 Å². The Balaban J connectivity index is 3.41. The van der Waals surface area contributed by atoms with Crippen LogP contribution >= 0.6 is 0 Å². The number of halogens is 3. The molecular formula is C9H6F3O3-. The van der Waals surface area contributed by atoms with Crippen LogP contribution in [0.5, 0.6) is 5.75 Å². The summed E-state index contributed by atoms with van der Waals surface area (Å²) in [5, 5.41) is 19.7. The summed E-state index contributed by atoms with van der Waals surface area (Å²) in [6.07, 6.45) is -4.64. The second-order valence-corrected chi connectivity index (χ2v) is 2.92. The minimum Gasteiger partial charge on any atom is -0.872 e. The fourth-order valence-electron chi connectivity index (χ4n) is 1.17. The summed E-state index contributed by atoms with van der Waals surface area (Å²) in [5.41, 5.74) is -2.35. The third-order valence-corrected chi connectivity index (χ3v) is 1.94. The summed E-state index contributed by atoms with van der Waals surface area (Å²) in [7, 11) is 0. The minimum atomic E-state index is -4.64. The summed E-state index contributed by atoms with van der Waals surface area (Å²) < 4.78 is 36.8. The van der Waals surface area contributed by atoms with Gasteiger partial charge in [-0.2, -0.15) is 13.2 Å². The molecule has 1 N–H and O–H groups in total. The van der Waals surface area contributed by atoms with Crippen LogP contribution in [0.25, 0.3) is 0 Å². The van der Waals surface area contributed by atoms with Crippen LogP contribution in [0.15, 0.2) is 12.1 Å². The Kier molecular flexibility index (Phi) is 2.61. The Bertz CT molecular complexity index is 410. The number of carbonyl (C=O) groups is 1. The van der Waals surface area contributed by atoms with Crippen molar-refractivity contribution in [3.8, 4) is 5.75 Å². The van der Waals surface area contributed by atoms with Crippen molar-refractivity contribution in [1.82, 2.24) is 0 Å². The van der Waals surface area contributed by atoms with Gasteiger partial charge in [-0.15, -0.1) is 0 Å². The predicted octanol–water partition coefficient (Wildman–Crippen LogP) is 1.79. The highest BCUT2D eigenvalue weighted by Crippen LogP contribution is 2.35. The smallest absolute Gasteiger partial charge is 0.416 e. The Morgan fingerprint density at radius 3 is 2.33 bits per heavy atom. The molecule has 0 aliphatic heterocycles. The molecule has 3 nitrogen and oxygen atoms in total. The highest BCUT2D eigenvalue weighted by molar-refractivity contribution is 5.91. The lowest BCUT2D eigenvalue weighted by atomic mass is 10.0. The van der Waals surface area contributed by atoms with Gasteiger partial charge in [-0.25, -0.2) is 4.79 Å². The van der Waals surface area contributed by atoms with E-state index in [2.05, 4.69) is 0 Å². The second kappa shape index (κ2) is 3.45. The van der Waals surface area contributed by atoms with E-state index in [-0.39, 0.29) is 0 Å². The molecule has 0 saturated heterocycles. The van der Waals surface area contributed by atoms with Gasteiger partial charge in [0, 0.05) is 0 Å². The van der Waals surface area contributed by atoms with Crippen LogP contribution in [-0.2, 0) is 6.18 Å². The molecule has 1 rings (SSSR count). The Hall–Kier alpha value is -1.72. The van der Waals surface area contributed by atoms with Gasteiger partial charge in [0.25, 0.3) is 0 Å². The van der Waals surface area contributed by atoms with Gasteiger partial charge < -0.3 is 10.2 Å². The standard InChI is InChI=1S/C9H7F3O3/c1-4-6(9(10,11)12)3-2-5(7(4)13)8(14)15/h2-3,13H,1H3,(H,14,15)/p-1. The van der Waals surface area contributed by atoms with Gasteiger partial charge in [0.2, 0.25) is 0 Å². The van der Waals surface area contributed by atoms with Crippen molar-refractivity contribution in [3.63, 3.8) is 0 Å². The van der Waals surface area contributed by atoms with Gasteiger partial charge in [0.15, 0.2) is 0 Å². The third-order valence-electron chi connectivity index (χ3n) is 1.94. The fraction of sp³-hybridized carbons (Fsp3) is 0.222. The zero-order valence-electron chi connectivity index (χ0n) is 7.55. The van der Waals surface area contributed by atoms with Gasteiger partial charge in [0.1, 0.15) is 0 Å². The molecule has 0 atom stereocenters. The van der Waals surface area contributed by atoms with E-state index >= 15 is 0 Å². The van der Waals surface area contributed by atoms with E-state index in [0.717, 1.165) is 6.92 Å². The predicted molar refractivity (Wildman–Crippen MR) is 42.6 cm³/mol. The molecule has 0 bridgehead atoms. The van der Waals surface area contributed by atoms with Gasteiger partial charge >= 0.3 is 12.1 Å². The van der Waals surface area contributed by atoms with Crippen molar-refractivity contribution in [2.24, 2.45) is 0 Å². The number of aromatic carboxylic acids is 1. The first-order chi connectivity index (χ1) is 6.75. The molecule has 82 valence electrons. The maximum atomic E-state index is 12.3. The zero-order chi connectivity index (χ0) is 11.8. The van der Waals surface area contributed by atoms with Crippen LogP contribution in [0.4, 0.5) is 13.2 Å². The van der Waals surface area contributed by atoms with E-state index in [0.29, 0.717) is 12.1 Å². The summed E-state index contributed by atoms with van der Waals surface area (Å²) in [4.78, 5) is 10.5. The monoisotopic (exact) mass is 219 g/mol. The van der Waals surface area contributed by atoms with E-state index in [1.165, 1.54) is 0 Å². The van der Waals surface area contributed by atoms with Crippen molar-refractivity contribution >= 4 is 5.97 Å². The summed E-state index contributed by atoms with van der Waals surface area (Å²) in [6.45, 7) is 0.956. The quantitative estimate of drug-likeness (QED) is 0.783. The largest absolute Gasteiger partial charge is 0.872 e. The molecule has 0 aliphatic rings. The van der Waals surface area contributed by atoms with Crippen LogP contribution in [0, 0.1) is 6.92 Å². The average molecular weight is 219 g/mol. The molecule has 0 spiro atoms. The number of carboxylic acids is 1. The maximum absolute atomic E-state index is 12.3. The number of hydrogen-bond donors (Lipinski definition) is 1. The highest BCUT2D eigenvalue weighted by Gasteiger charge is 2.32. The van der Waals surface area contributed by atoms with Crippen LogP contribution in [0.3, 0.4) is 0 Å². The van der Waals surface area contributed by atoms with Gasteiger partial charge in [-0.1, -0.05) is 5.75 Å². The fourth-order valence-corrected chi connectivity index (χ4v) is 1.17. The molecule has 0 aliphatic carbocycles. The van der Waals surface area contributed by atoms with Crippen LogP contribution in [-0.4, -0.2) is 11.1 Å². The SMILES string of the molecule is Cc1c(C(F)(F)F)ccc(C(=O)O)c1[O-]. The normalized spacial score (nSPS) is 11.5. The lowest BCUT2D eigenvalue weighted by Gasteiger charge is -2.19. The molecule has 0 radical (unpaired) electrons. The van der Waals surface area contributed by atoms with E-state index in [1.807, 2.05) is 0 Å². The van der Waals surface area contributed by atoms with Gasteiger partial charge in [0.05, 0.1) is 11.1 Å². The van der Waals surface area contributed by atoms with Gasteiger partial charge in [-0.05, 0) is 24.6 Å². The van der Waals surface area contributed by atoms with E-state index < -0.39 is 34.6 Å². The van der Waals surface area contributed by atoms with Gasteiger partial charge in [-0.3, -0.25) is 0 Å². The zero-order valence-corrected chi connectivity index (χ0v) is 7.55.